The molecule has 0 atom stereocenters. The molecule has 0 bridgehead atoms. The van der Waals surface area contributed by atoms with Crippen LogP contribution in [0.25, 0.3) is 0 Å². The number of hydrogen-bond acceptors (Lipinski definition) is 3. The summed E-state index contributed by atoms with van der Waals surface area (Å²) < 4.78 is 11.2. The number of ether oxygens (including phenoxy) is 2. The number of hydrogen-bond donors (Lipinski definition) is 1. The third-order valence-electron chi connectivity index (χ3n) is 2.48. The minimum atomic E-state index is -0.702. The van der Waals surface area contributed by atoms with Gasteiger partial charge in [0.1, 0.15) is 0 Å². The number of benzene rings is 1. The Hall–Kier alpha value is -0.900. The minimum absolute atomic E-state index is 0.358. The summed E-state index contributed by atoms with van der Waals surface area (Å²) in [5.74, 6) is -0.702. The van der Waals surface area contributed by atoms with E-state index >= 15 is 0 Å². The molecule has 1 heterocycles. The second kappa shape index (κ2) is 3.69. The van der Waals surface area contributed by atoms with Crippen LogP contribution < -0.4 is 5.73 Å². The SMILES string of the molecule is Cc1cccc(C2(CN)OCCO2)c1. The predicted octanol–water partition coefficient (Wildman–Crippen LogP) is 1.15. The number of aryl methyl sites for hydroxylation is 1. The first-order valence-electron chi connectivity index (χ1n) is 4.82. The van der Waals surface area contributed by atoms with Gasteiger partial charge in [0.05, 0.1) is 19.8 Å². The van der Waals surface area contributed by atoms with Crippen molar-refractivity contribution in [1.82, 2.24) is 0 Å². The lowest BCUT2D eigenvalue weighted by molar-refractivity contribution is -0.156. The summed E-state index contributed by atoms with van der Waals surface area (Å²) in [6, 6.07) is 8.08. The fourth-order valence-corrected chi connectivity index (χ4v) is 1.74. The monoisotopic (exact) mass is 193 g/mol. The van der Waals surface area contributed by atoms with Gasteiger partial charge in [-0.1, -0.05) is 29.8 Å². The van der Waals surface area contributed by atoms with Crippen LogP contribution >= 0.6 is 0 Å². The van der Waals surface area contributed by atoms with Crippen LogP contribution in [0.1, 0.15) is 11.1 Å². The Balaban J connectivity index is 2.35. The maximum atomic E-state index is 5.70. The fraction of sp³-hybridized carbons (Fsp3) is 0.455. The minimum Gasteiger partial charge on any atom is -0.342 e. The van der Waals surface area contributed by atoms with Crippen LogP contribution in [0, 0.1) is 6.92 Å². The van der Waals surface area contributed by atoms with Crippen LogP contribution in [0.15, 0.2) is 24.3 Å². The van der Waals surface area contributed by atoms with Gasteiger partial charge >= 0.3 is 0 Å². The molecule has 3 nitrogen and oxygen atoms in total. The first kappa shape index (κ1) is 9.65. The molecular formula is C11H15NO2. The van der Waals surface area contributed by atoms with Gasteiger partial charge in [-0.3, -0.25) is 0 Å². The van der Waals surface area contributed by atoms with Crippen LogP contribution in [0.4, 0.5) is 0 Å². The van der Waals surface area contributed by atoms with E-state index in [1.165, 1.54) is 5.56 Å². The van der Waals surface area contributed by atoms with Crippen molar-refractivity contribution in [2.24, 2.45) is 5.73 Å². The molecule has 3 heteroatoms. The topological polar surface area (TPSA) is 44.5 Å². The molecule has 0 aliphatic carbocycles. The largest absolute Gasteiger partial charge is 0.342 e. The Morgan fingerprint density at radius 3 is 2.64 bits per heavy atom. The molecule has 2 rings (SSSR count). The van der Waals surface area contributed by atoms with Crippen LogP contribution in [0.3, 0.4) is 0 Å². The van der Waals surface area contributed by atoms with Crippen molar-refractivity contribution >= 4 is 0 Å². The molecule has 76 valence electrons. The molecule has 1 aromatic rings. The van der Waals surface area contributed by atoms with Crippen LogP contribution in [0.5, 0.6) is 0 Å². The van der Waals surface area contributed by atoms with Gasteiger partial charge in [0, 0.05) is 5.56 Å². The lowest BCUT2D eigenvalue weighted by Crippen LogP contribution is -2.36. The first-order chi connectivity index (χ1) is 6.77. The van der Waals surface area contributed by atoms with E-state index in [9.17, 15) is 0 Å². The molecule has 0 unspecified atom stereocenters. The summed E-state index contributed by atoms with van der Waals surface area (Å²) in [6.45, 7) is 3.63. The molecule has 0 saturated carbocycles. The molecule has 1 aliphatic rings. The van der Waals surface area contributed by atoms with Crippen LogP contribution in [-0.2, 0) is 15.3 Å². The van der Waals surface area contributed by atoms with Crippen molar-refractivity contribution in [1.29, 1.82) is 0 Å². The average Bonchev–Trinajstić information content (AvgIpc) is 2.67. The third-order valence-corrected chi connectivity index (χ3v) is 2.48. The Bertz CT molecular complexity index is 319. The zero-order chi connectivity index (χ0) is 10.0. The van der Waals surface area contributed by atoms with E-state index in [1.807, 2.05) is 25.1 Å². The van der Waals surface area contributed by atoms with Crippen molar-refractivity contribution in [2.75, 3.05) is 19.8 Å². The van der Waals surface area contributed by atoms with Crippen molar-refractivity contribution in [2.45, 2.75) is 12.7 Å². The molecule has 2 N–H and O–H groups in total. The standard InChI is InChI=1S/C11H15NO2/c1-9-3-2-4-10(7-9)11(8-12)13-5-6-14-11/h2-4,7H,5-6,8,12H2,1H3. The van der Waals surface area contributed by atoms with Gasteiger partial charge in [0.15, 0.2) is 0 Å². The van der Waals surface area contributed by atoms with Crippen LogP contribution in [-0.4, -0.2) is 19.8 Å². The molecule has 1 aliphatic heterocycles. The zero-order valence-corrected chi connectivity index (χ0v) is 8.32. The Kier molecular flexibility index (Phi) is 2.54. The van der Waals surface area contributed by atoms with Crippen LogP contribution in [0.2, 0.25) is 0 Å². The molecule has 0 aromatic heterocycles. The second-order valence-corrected chi connectivity index (χ2v) is 3.52. The van der Waals surface area contributed by atoms with Crippen molar-refractivity contribution in [3.63, 3.8) is 0 Å². The Morgan fingerprint density at radius 2 is 2.07 bits per heavy atom. The van der Waals surface area contributed by atoms with Crippen molar-refractivity contribution < 1.29 is 9.47 Å². The molecule has 1 aromatic carbocycles. The summed E-state index contributed by atoms with van der Waals surface area (Å²) in [4.78, 5) is 0. The Morgan fingerprint density at radius 1 is 1.36 bits per heavy atom. The number of rotatable bonds is 2. The van der Waals surface area contributed by atoms with E-state index in [-0.39, 0.29) is 0 Å². The number of nitrogens with two attached hydrogens (primary N) is 1. The zero-order valence-electron chi connectivity index (χ0n) is 8.32. The fourth-order valence-electron chi connectivity index (χ4n) is 1.74. The normalized spacial score (nSPS) is 19.9. The summed E-state index contributed by atoms with van der Waals surface area (Å²) in [6.07, 6.45) is 0. The molecule has 0 amide bonds. The smallest absolute Gasteiger partial charge is 0.207 e. The van der Waals surface area contributed by atoms with E-state index < -0.39 is 5.79 Å². The summed E-state index contributed by atoms with van der Waals surface area (Å²) in [7, 11) is 0. The van der Waals surface area contributed by atoms with Gasteiger partial charge in [0.2, 0.25) is 5.79 Å². The van der Waals surface area contributed by atoms with Gasteiger partial charge in [0.25, 0.3) is 0 Å². The molecule has 1 saturated heterocycles. The summed E-state index contributed by atoms with van der Waals surface area (Å²) >= 11 is 0. The van der Waals surface area contributed by atoms with Gasteiger partial charge in [-0.15, -0.1) is 0 Å². The lowest BCUT2D eigenvalue weighted by Gasteiger charge is -2.26. The van der Waals surface area contributed by atoms with Gasteiger partial charge < -0.3 is 15.2 Å². The first-order valence-corrected chi connectivity index (χ1v) is 4.82. The highest BCUT2D eigenvalue weighted by Crippen LogP contribution is 2.30. The van der Waals surface area contributed by atoms with Crippen molar-refractivity contribution in [3.05, 3.63) is 35.4 Å². The summed E-state index contributed by atoms with van der Waals surface area (Å²) in [5, 5.41) is 0. The lowest BCUT2D eigenvalue weighted by atomic mass is 10.0. The molecule has 0 spiro atoms. The van der Waals surface area contributed by atoms with E-state index in [0.717, 1.165) is 5.56 Å². The highest BCUT2D eigenvalue weighted by Gasteiger charge is 2.37. The van der Waals surface area contributed by atoms with E-state index in [1.54, 1.807) is 0 Å². The van der Waals surface area contributed by atoms with E-state index in [4.69, 9.17) is 15.2 Å². The molecule has 0 radical (unpaired) electrons. The molecular weight excluding hydrogens is 178 g/mol. The predicted molar refractivity (Wildman–Crippen MR) is 53.8 cm³/mol. The van der Waals surface area contributed by atoms with E-state index in [0.29, 0.717) is 19.8 Å². The quantitative estimate of drug-likeness (QED) is 0.766. The maximum absolute atomic E-state index is 5.70. The second-order valence-electron chi connectivity index (χ2n) is 3.52. The highest BCUT2D eigenvalue weighted by molar-refractivity contribution is 5.26. The Labute approximate surface area is 83.8 Å². The van der Waals surface area contributed by atoms with Crippen molar-refractivity contribution in [3.8, 4) is 0 Å². The van der Waals surface area contributed by atoms with Gasteiger partial charge in [-0.25, -0.2) is 0 Å². The highest BCUT2D eigenvalue weighted by atomic mass is 16.7. The third kappa shape index (κ3) is 1.54. The summed E-state index contributed by atoms with van der Waals surface area (Å²) in [5.41, 5.74) is 7.90. The van der Waals surface area contributed by atoms with Gasteiger partial charge in [-0.2, -0.15) is 0 Å². The van der Waals surface area contributed by atoms with E-state index in [2.05, 4.69) is 6.07 Å². The molecule has 1 fully saturated rings. The maximum Gasteiger partial charge on any atom is 0.207 e. The molecule has 14 heavy (non-hydrogen) atoms. The van der Waals surface area contributed by atoms with Gasteiger partial charge in [-0.05, 0) is 6.92 Å². The average molecular weight is 193 g/mol.